The van der Waals surface area contributed by atoms with Gasteiger partial charge in [0.25, 0.3) is 0 Å². The maximum absolute atomic E-state index is 14.0. The molecule has 3 N–H and O–H groups in total. The van der Waals surface area contributed by atoms with Crippen LogP contribution in [0.3, 0.4) is 0 Å². The molecule has 1 aliphatic heterocycles. The van der Waals surface area contributed by atoms with Crippen LogP contribution in [0.1, 0.15) is 48.8 Å². The lowest BCUT2D eigenvalue weighted by molar-refractivity contribution is -0.149. The second-order valence-corrected chi connectivity index (χ2v) is 8.81. The Morgan fingerprint density at radius 1 is 1.06 bits per heavy atom. The van der Waals surface area contributed by atoms with Gasteiger partial charge in [-0.3, -0.25) is 19.6 Å². The summed E-state index contributed by atoms with van der Waals surface area (Å²) in [4.78, 5) is 41.0. The van der Waals surface area contributed by atoms with Gasteiger partial charge in [0, 0.05) is 13.6 Å². The Morgan fingerprint density at radius 2 is 1.77 bits per heavy atom. The Balaban J connectivity index is 1.94. The van der Waals surface area contributed by atoms with Crippen molar-refractivity contribution in [3.63, 3.8) is 0 Å². The maximum Gasteiger partial charge on any atom is 0.249 e. The molecule has 8 heteroatoms. The molecule has 0 bridgehead atoms. The molecule has 2 aromatic rings. The number of nitrogens with zero attached hydrogens (tertiary/aromatic N) is 1. The van der Waals surface area contributed by atoms with E-state index >= 15 is 0 Å². The third kappa shape index (κ3) is 6.68. The molecule has 1 fully saturated rings. The monoisotopic (exact) mass is 481 g/mol. The zero-order valence-corrected chi connectivity index (χ0v) is 20.4. The molecule has 1 saturated heterocycles. The van der Waals surface area contributed by atoms with Gasteiger partial charge >= 0.3 is 0 Å². The summed E-state index contributed by atoms with van der Waals surface area (Å²) in [7, 11) is 1.56. The molecule has 0 radical (unpaired) electrons. The molecule has 188 valence electrons. The van der Waals surface area contributed by atoms with Gasteiger partial charge in [0.1, 0.15) is 6.04 Å². The van der Waals surface area contributed by atoms with Gasteiger partial charge in [0.15, 0.2) is 0 Å². The Morgan fingerprint density at radius 3 is 2.40 bits per heavy atom. The topological polar surface area (TPSA) is 108 Å². The zero-order valence-electron chi connectivity index (χ0n) is 20.4. The van der Waals surface area contributed by atoms with Crippen molar-refractivity contribution in [1.29, 1.82) is 0 Å². The SMILES string of the molecule is CCc1ccc([C@@H](C(=O)N2CCCC[C@H]2C(=O)NC)[C@H](COCc2ccccc2)C(=O)NO)cc1. The van der Waals surface area contributed by atoms with Crippen molar-refractivity contribution in [2.24, 2.45) is 5.92 Å². The summed E-state index contributed by atoms with van der Waals surface area (Å²) in [6.07, 6.45) is 3.03. The predicted octanol–water partition coefficient (Wildman–Crippen LogP) is 2.80. The first-order valence-electron chi connectivity index (χ1n) is 12.2. The fourth-order valence-electron chi connectivity index (χ4n) is 4.61. The summed E-state index contributed by atoms with van der Waals surface area (Å²) >= 11 is 0. The van der Waals surface area contributed by atoms with Crippen molar-refractivity contribution in [3.8, 4) is 0 Å². The second-order valence-electron chi connectivity index (χ2n) is 8.81. The summed E-state index contributed by atoms with van der Waals surface area (Å²) in [5.74, 6) is -3.16. The molecule has 0 aliphatic carbocycles. The van der Waals surface area contributed by atoms with Crippen LogP contribution >= 0.6 is 0 Å². The van der Waals surface area contributed by atoms with Crippen molar-refractivity contribution in [2.45, 2.75) is 51.2 Å². The van der Waals surface area contributed by atoms with Crippen molar-refractivity contribution in [1.82, 2.24) is 15.7 Å². The highest BCUT2D eigenvalue weighted by molar-refractivity contribution is 5.94. The molecule has 3 amide bonds. The van der Waals surface area contributed by atoms with E-state index in [0.717, 1.165) is 30.4 Å². The van der Waals surface area contributed by atoms with Gasteiger partial charge in [-0.2, -0.15) is 0 Å². The molecular formula is C27H35N3O5. The molecule has 35 heavy (non-hydrogen) atoms. The number of hydroxylamine groups is 1. The number of aryl methyl sites for hydroxylation is 1. The number of benzene rings is 2. The third-order valence-corrected chi connectivity index (χ3v) is 6.61. The van der Waals surface area contributed by atoms with Crippen molar-refractivity contribution in [3.05, 3.63) is 71.3 Å². The van der Waals surface area contributed by atoms with E-state index in [1.54, 1.807) is 17.4 Å². The minimum atomic E-state index is -0.990. The number of likely N-dealkylation sites (tertiary alicyclic amines) is 1. The van der Waals surface area contributed by atoms with Crippen LogP contribution < -0.4 is 10.8 Å². The van der Waals surface area contributed by atoms with E-state index in [4.69, 9.17) is 4.74 Å². The van der Waals surface area contributed by atoms with Crippen LogP contribution in [0.15, 0.2) is 54.6 Å². The summed E-state index contributed by atoms with van der Waals surface area (Å²) in [6, 6.07) is 16.5. The van der Waals surface area contributed by atoms with Gasteiger partial charge in [-0.1, -0.05) is 61.5 Å². The number of piperidine rings is 1. The Hall–Kier alpha value is -3.23. The van der Waals surface area contributed by atoms with E-state index in [0.29, 0.717) is 18.5 Å². The Kier molecular flexibility index (Phi) is 9.81. The minimum absolute atomic E-state index is 0.0777. The summed E-state index contributed by atoms with van der Waals surface area (Å²) in [6.45, 7) is 2.65. The molecule has 1 heterocycles. The molecule has 2 aromatic carbocycles. The average Bonchev–Trinajstić information content (AvgIpc) is 2.92. The quantitative estimate of drug-likeness (QED) is 0.357. The molecule has 3 atom stereocenters. The van der Waals surface area contributed by atoms with Gasteiger partial charge in [-0.05, 0) is 42.4 Å². The Bertz CT molecular complexity index is 980. The van der Waals surface area contributed by atoms with Crippen molar-refractivity contribution < 1.29 is 24.3 Å². The second kappa shape index (κ2) is 13.0. The van der Waals surface area contributed by atoms with Crippen molar-refractivity contribution in [2.75, 3.05) is 20.2 Å². The standard InChI is InChI=1S/C27H35N3O5/c1-3-19-12-14-21(15-13-19)24(27(33)30-16-8-7-11-23(30)26(32)28-2)22(25(31)29-34)18-35-17-20-9-5-4-6-10-20/h4-6,9-10,12-15,22-24,34H,3,7-8,11,16-18H2,1-2H3,(H,28,32)(H,29,31)/t22-,23-,24+/m0/s1. The summed E-state index contributed by atoms with van der Waals surface area (Å²) in [5, 5.41) is 12.2. The molecule has 0 saturated carbocycles. The largest absolute Gasteiger partial charge is 0.376 e. The van der Waals surface area contributed by atoms with E-state index in [9.17, 15) is 19.6 Å². The lowest BCUT2D eigenvalue weighted by atomic mass is 9.83. The van der Waals surface area contributed by atoms with Gasteiger partial charge in [-0.25, -0.2) is 5.48 Å². The number of rotatable bonds is 10. The highest BCUT2D eigenvalue weighted by Crippen LogP contribution is 2.31. The normalized spacial score (nSPS) is 17.3. The van der Waals surface area contributed by atoms with Crippen LogP contribution in [-0.2, 0) is 32.1 Å². The van der Waals surface area contributed by atoms with Crippen LogP contribution in [0.5, 0.6) is 0 Å². The van der Waals surface area contributed by atoms with E-state index in [1.807, 2.05) is 61.5 Å². The summed E-state index contributed by atoms with van der Waals surface area (Å²) < 4.78 is 5.86. The number of carbonyl (C=O) groups is 3. The lowest BCUT2D eigenvalue weighted by Gasteiger charge is -2.38. The van der Waals surface area contributed by atoms with Crippen LogP contribution in [-0.4, -0.2) is 54.1 Å². The van der Waals surface area contributed by atoms with Crippen LogP contribution in [0.2, 0.25) is 0 Å². The average molecular weight is 482 g/mol. The Labute approximate surface area is 206 Å². The van der Waals surface area contributed by atoms with Gasteiger partial charge in [0.2, 0.25) is 17.7 Å². The maximum atomic E-state index is 14.0. The number of amides is 3. The molecular weight excluding hydrogens is 446 g/mol. The van der Waals surface area contributed by atoms with Crippen LogP contribution in [0, 0.1) is 5.92 Å². The molecule has 0 unspecified atom stereocenters. The van der Waals surface area contributed by atoms with E-state index < -0.39 is 23.8 Å². The minimum Gasteiger partial charge on any atom is -0.376 e. The zero-order chi connectivity index (χ0) is 25.2. The van der Waals surface area contributed by atoms with E-state index in [2.05, 4.69) is 5.32 Å². The number of nitrogens with one attached hydrogen (secondary N) is 2. The van der Waals surface area contributed by atoms with Gasteiger partial charge in [0.05, 0.1) is 25.0 Å². The third-order valence-electron chi connectivity index (χ3n) is 6.61. The molecule has 8 nitrogen and oxygen atoms in total. The van der Waals surface area contributed by atoms with Gasteiger partial charge in [-0.15, -0.1) is 0 Å². The summed E-state index contributed by atoms with van der Waals surface area (Å²) in [5.41, 5.74) is 4.40. The molecule has 0 spiro atoms. The predicted molar refractivity (Wildman–Crippen MR) is 131 cm³/mol. The van der Waals surface area contributed by atoms with Crippen LogP contribution in [0.4, 0.5) is 0 Å². The van der Waals surface area contributed by atoms with Crippen molar-refractivity contribution >= 4 is 17.7 Å². The van der Waals surface area contributed by atoms with E-state index in [1.165, 1.54) is 0 Å². The number of likely N-dealkylation sites (N-methyl/N-ethyl adjacent to an activating group) is 1. The fourth-order valence-corrected chi connectivity index (χ4v) is 4.61. The van der Waals surface area contributed by atoms with Crippen LogP contribution in [0.25, 0.3) is 0 Å². The first-order valence-corrected chi connectivity index (χ1v) is 12.2. The highest BCUT2D eigenvalue weighted by Gasteiger charge is 2.41. The number of hydrogen-bond donors (Lipinski definition) is 3. The number of carbonyl (C=O) groups excluding carboxylic acids is 3. The van der Waals surface area contributed by atoms with E-state index in [-0.39, 0.29) is 25.0 Å². The highest BCUT2D eigenvalue weighted by atomic mass is 16.5. The first-order chi connectivity index (χ1) is 17.0. The molecule has 0 aromatic heterocycles. The molecule has 1 aliphatic rings. The molecule has 3 rings (SSSR count). The first kappa shape index (κ1) is 26.4. The number of hydrogen-bond acceptors (Lipinski definition) is 5. The lowest BCUT2D eigenvalue weighted by Crippen LogP contribution is -2.54. The van der Waals surface area contributed by atoms with Gasteiger partial charge < -0.3 is 15.0 Å². The number of ether oxygens (including phenoxy) is 1. The smallest absolute Gasteiger partial charge is 0.249 e. The fraction of sp³-hybridized carbons (Fsp3) is 0.444.